The molecule has 0 bridgehead atoms. The minimum absolute atomic E-state index is 0.242. The van der Waals surface area contributed by atoms with E-state index in [2.05, 4.69) is 22.3 Å². The summed E-state index contributed by atoms with van der Waals surface area (Å²) in [6.45, 7) is 4.48. The molecule has 0 saturated heterocycles. The Bertz CT molecular complexity index is 761. The van der Waals surface area contributed by atoms with Crippen LogP contribution in [-0.2, 0) is 13.6 Å². The highest BCUT2D eigenvalue weighted by atomic mass is 16.5. The first-order chi connectivity index (χ1) is 11.6. The number of nitrogens with zero attached hydrogens (tertiary/aromatic N) is 3. The molecule has 2 rings (SSSR count). The fraction of sp³-hybridized carbons (Fsp3) is 0.312. The van der Waals surface area contributed by atoms with Gasteiger partial charge in [-0.15, -0.1) is 11.7 Å². The maximum atomic E-state index is 12.2. The van der Waals surface area contributed by atoms with Crippen LogP contribution in [0.3, 0.4) is 0 Å². The van der Waals surface area contributed by atoms with Gasteiger partial charge in [-0.25, -0.2) is 14.3 Å². The third-order valence-corrected chi connectivity index (χ3v) is 3.41. The summed E-state index contributed by atoms with van der Waals surface area (Å²) in [6.07, 6.45) is 1.59. The Hall–Kier alpha value is -3.03. The Morgan fingerprint density at radius 2 is 2.04 bits per heavy atom. The number of hydrogen-bond acceptors (Lipinski definition) is 4. The van der Waals surface area contributed by atoms with Crippen LogP contribution in [0.4, 0.5) is 4.79 Å². The lowest BCUT2D eigenvalue weighted by molar-refractivity contribution is 0.241. The zero-order valence-electron chi connectivity index (χ0n) is 13.8. The standard InChI is InChI=1S/C16H21N5O3/c1-4-9-17-15(22)18-10-11-21-16(23)20(2)14(19-21)12-5-7-13(24-3)8-6-12/h4-8H,1,9-11H2,2-3H3,(H2,17,18,22). The van der Waals surface area contributed by atoms with Crippen LogP contribution in [0.2, 0.25) is 0 Å². The number of nitrogens with one attached hydrogen (secondary N) is 2. The molecular weight excluding hydrogens is 310 g/mol. The Balaban J connectivity index is 2.06. The van der Waals surface area contributed by atoms with Gasteiger partial charge in [0.2, 0.25) is 0 Å². The van der Waals surface area contributed by atoms with Gasteiger partial charge in [-0.2, -0.15) is 0 Å². The number of rotatable bonds is 7. The van der Waals surface area contributed by atoms with Crippen molar-refractivity contribution in [3.05, 3.63) is 47.4 Å². The van der Waals surface area contributed by atoms with Crippen LogP contribution >= 0.6 is 0 Å². The summed E-state index contributed by atoms with van der Waals surface area (Å²) in [5.74, 6) is 1.29. The van der Waals surface area contributed by atoms with Crippen molar-refractivity contribution in [3.8, 4) is 17.1 Å². The Labute approximate surface area is 139 Å². The second kappa shape index (κ2) is 8.00. The van der Waals surface area contributed by atoms with Crippen LogP contribution in [0.1, 0.15) is 0 Å². The summed E-state index contributed by atoms with van der Waals surface area (Å²) in [7, 11) is 3.26. The van der Waals surface area contributed by atoms with Crippen molar-refractivity contribution in [1.82, 2.24) is 25.0 Å². The molecule has 8 heteroatoms. The molecule has 2 amide bonds. The van der Waals surface area contributed by atoms with Crippen molar-refractivity contribution in [2.45, 2.75) is 6.54 Å². The first-order valence-electron chi connectivity index (χ1n) is 7.47. The molecule has 0 spiro atoms. The van der Waals surface area contributed by atoms with E-state index in [1.54, 1.807) is 20.2 Å². The van der Waals surface area contributed by atoms with Crippen molar-refractivity contribution < 1.29 is 9.53 Å². The third kappa shape index (κ3) is 4.03. The summed E-state index contributed by atoms with van der Waals surface area (Å²) in [5, 5.41) is 9.58. The monoisotopic (exact) mass is 331 g/mol. The van der Waals surface area contributed by atoms with E-state index in [9.17, 15) is 9.59 Å². The van der Waals surface area contributed by atoms with Gasteiger partial charge in [-0.05, 0) is 24.3 Å². The highest BCUT2D eigenvalue weighted by Crippen LogP contribution is 2.19. The number of benzene rings is 1. The number of hydrogen-bond donors (Lipinski definition) is 2. The Morgan fingerprint density at radius 3 is 2.67 bits per heavy atom. The molecule has 0 aliphatic rings. The predicted octanol–water partition coefficient (Wildman–Crippen LogP) is 0.743. The molecule has 0 saturated carbocycles. The molecule has 2 aromatic rings. The largest absolute Gasteiger partial charge is 0.497 e. The quantitative estimate of drug-likeness (QED) is 0.732. The normalized spacial score (nSPS) is 10.2. The maximum Gasteiger partial charge on any atom is 0.345 e. The zero-order valence-corrected chi connectivity index (χ0v) is 13.8. The molecule has 0 radical (unpaired) electrons. The lowest BCUT2D eigenvalue weighted by atomic mass is 10.2. The molecule has 24 heavy (non-hydrogen) atoms. The van der Waals surface area contributed by atoms with Gasteiger partial charge < -0.3 is 15.4 Å². The van der Waals surface area contributed by atoms with Crippen LogP contribution < -0.4 is 21.1 Å². The van der Waals surface area contributed by atoms with Crippen molar-refractivity contribution in [3.63, 3.8) is 0 Å². The van der Waals surface area contributed by atoms with Gasteiger partial charge in [0.15, 0.2) is 5.82 Å². The van der Waals surface area contributed by atoms with Gasteiger partial charge in [-0.1, -0.05) is 6.08 Å². The van der Waals surface area contributed by atoms with Gasteiger partial charge in [-0.3, -0.25) is 4.57 Å². The summed E-state index contributed by atoms with van der Waals surface area (Å²) < 4.78 is 7.92. The second-order valence-corrected chi connectivity index (χ2v) is 5.04. The van der Waals surface area contributed by atoms with Gasteiger partial charge in [0.1, 0.15) is 5.75 Å². The number of ether oxygens (including phenoxy) is 1. The van der Waals surface area contributed by atoms with Crippen LogP contribution in [0.5, 0.6) is 5.75 Å². The van der Waals surface area contributed by atoms with Crippen LogP contribution in [0.25, 0.3) is 11.4 Å². The smallest absolute Gasteiger partial charge is 0.345 e. The minimum atomic E-state index is -0.311. The van der Waals surface area contributed by atoms with E-state index >= 15 is 0 Å². The van der Waals surface area contributed by atoms with Gasteiger partial charge >= 0.3 is 11.7 Å². The summed E-state index contributed by atoms with van der Waals surface area (Å²) >= 11 is 0. The number of carbonyl (C=O) groups excluding carboxylic acids is 1. The van der Waals surface area contributed by atoms with Gasteiger partial charge in [0.25, 0.3) is 0 Å². The van der Waals surface area contributed by atoms with Gasteiger partial charge in [0, 0.05) is 25.7 Å². The van der Waals surface area contributed by atoms with Crippen LogP contribution in [0.15, 0.2) is 41.7 Å². The SMILES string of the molecule is C=CCNC(=O)NCCn1nc(-c2ccc(OC)cc2)n(C)c1=O. The molecule has 0 unspecified atom stereocenters. The average Bonchev–Trinajstić information content (AvgIpc) is 2.88. The molecule has 1 aromatic heterocycles. The molecular formula is C16H21N5O3. The molecule has 8 nitrogen and oxygen atoms in total. The van der Waals surface area contributed by atoms with E-state index in [1.807, 2.05) is 24.3 Å². The van der Waals surface area contributed by atoms with Crippen molar-refractivity contribution >= 4 is 6.03 Å². The molecule has 2 N–H and O–H groups in total. The minimum Gasteiger partial charge on any atom is -0.497 e. The van der Waals surface area contributed by atoms with Gasteiger partial charge in [0.05, 0.1) is 13.7 Å². The summed E-state index contributed by atoms with van der Waals surface area (Å²) in [5.41, 5.74) is 0.569. The molecule has 0 fully saturated rings. The molecule has 0 aliphatic carbocycles. The molecule has 128 valence electrons. The first-order valence-corrected chi connectivity index (χ1v) is 7.47. The number of urea groups is 1. The van der Waals surface area contributed by atoms with Crippen molar-refractivity contribution in [2.75, 3.05) is 20.2 Å². The number of methoxy groups -OCH3 is 1. The lowest BCUT2D eigenvalue weighted by Gasteiger charge is -2.05. The highest BCUT2D eigenvalue weighted by Gasteiger charge is 2.12. The van der Waals surface area contributed by atoms with E-state index in [0.29, 0.717) is 18.9 Å². The van der Waals surface area contributed by atoms with E-state index in [-0.39, 0.29) is 18.3 Å². The predicted molar refractivity (Wildman–Crippen MR) is 91.1 cm³/mol. The highest BCUT2D eigenvalue weighted by molar-refractivity contribution is 5.73. The third-order valence-electron chi connectivity index (χ3n) is 3.41. The van der Waals surface area contributed by atoms with E-state index in [0.717, 1.165) is 11.3 Å². The maximum absolute atomic E-state index is 12.2. The Kier molecular flexibility index (Phi) is 5.78. The number of amides is 2. The van der Waals surface area contributed by atoms with E-state index in [1.165, 1.54) is 9.25 Å². The fourth-order valence-electron chi connectivity index (χ4n) is 2.13. The molecule has 1 aromatic carbocycles. The summed E-state index contributed by atoms with van der Waals surface area (Å²) in [4.78, 5) is 23.7. The summed E-state index contributed by atoms with van der Waals surface area (Å²) in [6, 6.07) is 6.99. The zero-order chi connectivity index (χ0) is 17.5. The van der Waals surface area contributed by atoms with E-state index < -0.39 is 0 Å². The topological polar surface area (TPSA) is 90.2 Å². The van der Waals surface area contributed by atoms with Crippen molar-refractivity contribution in [1.29, 1.82) is 0 Å². The van der Waals surface area contributed by atoms with Crippen LogP contribution in [0, 0.1) is 0 Å². The molecule has 0 aliphatic heterocycles. The van der Waals surface area contributed by atoms with Crippen molar-refractivity contribution in [2.24, 2.45) is 7.05 Å². The lowest BCUT2D eigenvalue weighted by Crippen LogP contribution is -2.38. The van der Waals surface area contributed by atoms with E-state index in [4.69, 9.17) is 4.74 Å². The molecule has 0 atom stereocenters. The Morgan fingerprint density at radius 1 is 1.33 bits per heavy atom. The fourth-order valence-corrected chi connectivity index (χ4v) is 2.13. The molecule has 1 heterocycles. The van der Waals surface area contributed by atoms with Crippen LogP contribution in [-0.4, -0.2) is 40.6 Å². The average molecular weight is 331 g/mol. The second-order valence-electron chi connectivity index (χ2n) is 5.04. The number of aromatic nitrogens is 3. The number of carbonyl (C=O) groups is 1. The first kappa shape index (κ1) is 17.3.